The number of carbonyl (C=O) groups is 1. The Kier molecular flexibility index (Phi) is 13.5. The summed E-state index contributed by atoms with van der Waals surface area (Å²) in [6, 6.07) is 5.99. The predicted octanol–water partition coefficient (Wildman–Crippen LogP) is 3.11. The van der Waals surface area contributed by atoms with Gasteiger partial charge in [-0.3, -0.25) is 4.79 Å². The van der Waals surface area contributed by atoms with Crippen molar-refractivity contribution in [1.82, 2.24) is 16.0 Å². The van der Waals surface area contributed by atoms with Crippen LogP contribution in [0.25, 0.3) is 0 Å². The van der Waals surface area contributed by atoms with Gasteiger partial charge in [0.05, 0.1) is 13.2 Å². The number of rotatable bonds is 10. The quantitative estimate of drug-likeness (QED) is 0.251. The van der Waals surface area contributed by atoms with Gasteiger partial charge in [-0.2, -0.15) is 0 Å². The molecule has 0 radical (unpaired) electrons. The molecule has 0 aliphatic rings. The van der Waals surface area contributed by atoms with E-state index in [1.807, 2.05) is 59.7 Å². The van der Waals surface area contributed by atoms with Gasteiger partial charge < -0.3 is 25.4 Å². The van der Waals surface area contributed by atoms with Gasteiger partial charge in [0.25, 0.3) is 0 Å². The molecular formula is C21H37IN4O3. The Morgan fingerprint density at radius 1 is 1.03 bits per heavy atom. The van der Waals surface area contributed by atoms with Crippen LogP contribution in [-0.4, -0.2) is 50.3 Å². The molecule has 0 aromatic heterocycles. The Balaban J connectivity index is 0.00000784. The summed E-state index contributed by atoms with van der Waals surface area (Å²) >= 11 is 0. The molecule has 0 atom stereocenters. The van der Waals surface area contributed by atoms with Crippen LogP contribution >= 0.6 is 24.0 Å². The molecule has 0 aliphatic heterocycles. The first-order valence-electron chi connectivity index (χ1n) is 10.0. The number of hydrogen-bond acceptors (Lipinski definition) is 4. The van der Waals surface area contributed by atoms with E-state index in [-0.39, 0.29) is 42.0 Å². The van der Waals surface area contributed by atoms with Gasteiger partial charge in [-0.15, -0.1) is 24.0 Å². The zero-order valence-corrected chi connectivity index (χ0v) is 20.9. The van der Waals surface area contributed by atoms with Crippen molar-refractivity contribution in [2.75, 3.05) is 32.8 Å². The lowest BCUT2D eigenvalue weighted by Crippen LogP contribution is -2.43. The highest BCUT2D eigenvalue weighted by molar-refractivity contribution is 14.0. The van der Waals surface area contributed by atoms with Crippen molar-refractivity contribution in [3.63, 3.8) is 0 Å². The van der Waals surface area contributed by atoms with E-state index in [0.717, 1.165) is 30.0 Å². The second-order valence-electron chi connectivity index (χ2n) is 7.32. The van der Waals surface area contributed by atoms with Crippen LogP contribution in [0.15, 0.2) is 23.2 Å². The van der Waals surface area contributed by atoms with Crippen LogP contribution in [0.1, 0.15) is 47.1 Å². The fourth-order valence-corrected chi connectivity index (χ4v) is 2.53. The summed E-state index contributed by atoms with van der Waals surface area (Å²) in [5.74, 6) is 2.06. The van der Waals surface area contributed by atoms with Crippen molar-refractivity contribution in [3.05, 3.63) is 23.8 Å². The average Bonchev–Trinajstić information content (AvgIpc) is 2.60. The molecule has 1 aromatic carbocycles. The van der Waals surface area contributed by atoms with Crippen LogP contribution < -0.4 is 25.4 Å². The second kappa shape index (κ2) is 14.3. The number of guanidine groups is 1. The standard InChI is InChI=1S/C21H36N4O3.HI/c1-7-22-20(24-15-19(26)25-21(4,5)6)23-13-12-16-10-11-17(27-8-2)18(14-16)28-9-3;/h10-11,14H,7-9,12-13,15H2,1-6H3,(H,25,26)(H2,22,23,24);1H. The summed E-state index contributed by atoms with van der Waals surface area (Å²) in [4.78, 5) is 16.3. The van der Waals surface area contributed by atoms with E-state index in [0.29, 0.717) is 25.7 Å². The molecule has 7 nitrogen and oxygen atoms in total. The minimum absolute atomic E-state index is 0. The van der Waals surface area contributed by atoms with Gasteiger partial charge in [-0.05, 0) is 65.7 Å². The third-order valence-corrected chi connectivity index (χ3v) is 3.55. The smallest absolute Gasteiger partial charge is 0.242 e. The summed E-state index contributed by atoms with van der Waals surface area (Å²) in [5, 5.41) is 9.33. The molecule has 1 rings (SSSR count). The van der Waals surface area contributed by atoms with E-state index >= 15 is 0 Å². The lowest BCUT2D eigenvalue weighted by atomic mass is 10.1. The van der Waals surface area contributed by atoms with Crippen molar-refractivity contribution < 1.29 is 14.3 Å². The van der Waals surface area contributed by atoms with Gasteiger partial charge in [-0.25, -0.2) is 4.99 Å². The normalized spacial score (nSPS) is 11.3. The summed E-state index contributed by atoms with van der Waals surface area (Å²) in [7, 11) is 0. The molecule has 166 valence electrons. The predicted molar refractivity (Wildman–Crippen MR) is 130 cm³/mol. The zero-order chi connectivity index (χ0) is 21.0. The Morgan fingerprint density at radius 3 is 2.28 bits per heavy atom. The van der Waals surface area contributed by atoms with Crippen LogP contribution in [0.5, 0.6) is 11.5 Å². The number of carbonyl (C=O) groups excluding carboxylic acids is 1. The highest BCUT2D eigenvalue weighted by atomic mass is 127. The number of nitrogens with one attached hydrogen (secondary N) is 3. The summed E-state index contributed by atoms with van der Waals surface area (Å²) in [5.41, 5.74) is 0.880. The third kappa shape index (κ3) is 11.8. The molecule has 0 bridgehead atoms. The van der Waals surface area contributed by atoms with Gasteiger partial charge in [-0.1, -0.05) is 6.07 Å². The Bertz CT molecular complexity index is 645. The fourth-order valence-electron chi connectivity index (χ4n) is 2.53. The number of aliphatic imine (C=N–C) groups is 1. The van der Waals surface area contributed by atoms with Gasteiger partial charge in [0.2, 0.25) is 5.91 Å². The minimum atomic E-state index is -0.260. The van der Waals surface area contributed by atoms with Crippen molar-refractivity contribution in [3.8, 4) is 11.5 Å². The lowest BCUT2D eigenvalue weighted by Gasteiger charge is -2.20. The zero-order valence-electron chi connectivity index (χ0n) is 18.6. The van der Waals surface area contributed by atoms with Crippen LogP contribution in [0.3, 0.4) is 0 Å². The van der Waals surface area contributed by atoms with Crippen LogP contribution in [-0.2, 0) is 11.2 Å². The molecule has 0 spiro atoms. The third-order valence-electron chi connectivity index (χ3n) is 3.55. The van der Waals surface area contributed by atoms with E-state index < -0.39 is 0 Å². The van der Waals surface area contributed by atoms with Gasteiger partial charge in [0.1, 0.15) is 6.54 Å². The summed E-state index contributed by atoms with van der Waals surface area (Å²) in [6.45, 7) is 14.5. The topological polar surface area (TPSA) is 84.0 Å². The highest BCUT2D eigenvalue weighted by Gasteiger charge is 2.13. The van der Waals surface area contributed by atoms with E-state index in [4.69, 9.17) is 9.47 Å². The molecule has 0 unspecified atom stereocenters. The van der Waals surface area contributed by atoms with E-state index in [1.165, 1.54) is 0 Å². The number of amides is 1. The first-order valence-corrected chi connectivity index (χ1v) is 10.0. The molecule has 1 amide bonds. The Hall–Kier alpha value is -1.71. The number of benzene rings is 1. The first kappa shape index (κ1) is 27.3. The highest BCUT2D eigenvalue weighted by Crippen LogP contribution is 2.28. The first-order chi connectivity index (χ1) is 13.3. The molecule has 0 saturated heterocycles. The largest absolute Gasteiger partial charge is 0.490 e. The molecular weight excluding hydrogens is 483 g/mol. The average molecular weight is 520 g/mol. The van der Waals surface area contributed by atoms with Gasteiger partial charge >= 0.3 is 0 Å². The molecule has 0 heterocycles. The monoisotopic (exact) mass is 520 g/mol. The van der Waals surface area contributed by atoms with E-state index in [9.17, 15) is 4.79 Å². The molecule has 0 saturated carbocycles. The molecule has 0 aliphatic carbocycles. The van der Waals surface area contributed by atoms with Crippen LogP contribution in [0.4, 0.5) is 0 Å². The molecule has 3 N–H and O–H groups in total. The summed E-state index contributed by atoms with van der Waals surface area (Å²) < 4.78 is 11.3. The van der Waals surface area contributed by atoms with Crippen molar-refractivity contribution >= 4 is 35.8 Å². The van der Waals surface area contributed by atoms with Crippen molar-refractivity contribution in [2.24, 2.45) is 4.99 Å². The Labute approximate surface area is 192 Å². The second-order valence-corrected chi connectivity index (χ2v) is 7.32. The lowest BCUT2D eigenvalue weighted by molar-refractivity contribution is -0.121. The molecule has 0 fully saturated rings. The molecule has 29 heavy (non-hydrogen) atoms. The van der Waals surface area contributed by atoms with Crippen molar-refractivity contribution in [1.29, 1.82) is 0 Å². The Morgan fingerprint density at radius 2 is 1.69 bits per heavy atom. The molecule has 1 aromatic rings. The van der Waals surface area contributed by atoms with E-state index in [2.05, 4.69) is 20.9 Å². The number of halogens is 1. The SMILES string of the molecule is CCNC(=NCC(=O)NC(C)(C)C)NCCc1ccc(OCC)c(OCC)c1.I. The minimum Gasteiger partial charge on any atom is -0.490 e. The van der Waals surface area contributed by atoms with E-state index in [1.54, 1.807) is 0 Å². The maximum absolute atomic E-state index is 11.9. The van der Waals surface area contributed by atoms with Crippen LogP contribution in [0, 0.1) is 0 Å². The maximum atomic E-state index is 11.9. The number of hydrogen-bond donors (Lipinski definition) is 3. The maximum Gasteiger partial charge on any atom is 0.242 e. The van der Waals surface area contributed by atoms with Gasteiger partial charge in [0, 0.05) is 18.6 Å². The van der Waals surface area contributed by atoms with Crippen molar-refractivity contribution in [2.45, 2.75) is 53.5 Å². The fraction of sp³-hybridized carbons (Fsp3) is 0.619. The molecule has 8 heteroatoms. The summed E-state index contributed by atoms with van der Waals surface area (Å²) in [6.07, 6.45) is 0.797. The van der Waals surface area contributed by atoms with Crippen LogP contribution in [0.2, 0.25) is 0 Å². The number of nitrogens with zero attached hydrogens (tertiary/aromatic N) is 1. The van der Waals surface area contributed by atoms with Gasteiger partial charge in [0.15, 0.2) is 17.5 Å². The number of ether oxygens (including phenoxy) is 2.